The highest BCUT2D eigenvalue weighted by atomic mass is 16.5. The molecule has 1 aliphatic heterocycles. The summed E-state index contributed by atoms with van der Waals surface area (Å²) < 4.78 is 5.35. The van der Waals surface area contributed by atoms with Gasteiger partial charge < -0.3 is 9.84 Å². The molecule has 0 radical (unpaired) electrons. The minimum absolute atomic E-state index is 0.265. The first-order valence-corrected chi connectivity index (χ1v) is 7.13. The molecule has 1 aromatic carbocycles. The van der Waals surface area contributed by atoms with E-state index in [2.05, 4.69) is 11.0 Å². The fourth-order valence-corrected chi connectivity index (χ4v) is 2.81. The monoisotopic (exact) mass is 288 g/mol. The van der Waals surface area contributed by atoms with Crippen LogP contribution in [0, 0.1) is 17.2 Å². The molecule has 0 amide bonds. The summed E-state index contributed by atoms with van der Waals surface area (Å²) in [6.07, 6.45) is 2.08. The third-order valence-electron chi connectivity index (χ3n) is 3.97. The third-order valence-corrected chi connectivity index (χ3v) is 3.97. The largest absolute Gasteiger partial charge is 0.496 e. The number of benzene rings is 1. The zero-order chi connectivity index (χ0) is 15.2. The Hall–Kier alpha value is -2.06. The lowest BCUT2D eigenvalue weighted by molar-refractivity contribution is -0.138. The third kappa shape index (κ3) is 4.20. The maximum atomic E-state index is 10.7. The van der Waals surface area contributed by atoms with E-state index in [9.17, 15) is 4.79 Å². The summed E-state index contributed by atoms with van der Waals surface area (Å²) in [5.74, 6) is 0.365. The topological polar surface area (TPSA) is 73.6 Å². The van der Waals surface area contributed by atoms with E-state index in [-0.39, 0.29) is 12.3 Å². The van der Waals surface area contributed by atoms with E-state index in [1.165, 1.54) is 0 Å². The highest BCUT2D eigenvalue weighted by Crippen LogP contribution is 2.25. The van der Waals surface area contributed by atoms with Crippen molar-refractivity contribution in [1.29, 1.82) is 5.26 Å². The van der Waals surface area contributed by atoms with Crippen molar-refractivity contribution >= 4 is 5.97 Å². The van der Waals surface area contributed by atoms with Crippen LogP contribution < -0.4 is 4.74 Å². The van der Waals surface area contributed by atoms with Gasteiger partial charge in [-0.15, -0.1) is 0 Å². The number of carbonyl (C=O) groups is 1. The number of aliphatic carboxylic acids is 1. The maximum absolute atomic E-state index is 10.7. The molecule has 0 saturated carbocycles. The van der Waals surface area contributed by atoms with Crippen molar-refractivity contribution in [3.8, 4) is 11.8 Å². The SMILES string of the molecule is COc1ccc(C#N)cc1CN1CCC(CC(=O)O)CC1. The van der Waals surface area contributed by atoms with Crippen LogP contribution in [-0.4, -0.2) is 36.2 Å². The second kappa shape index (κ2) is 7.09. The summed E-state index contributed by atoms with van der Waals surface area (Å²) in [6, 6.07) is 7.58. The van der Waals surface area contributed by atoms with Gasteiger partial charge in [0.1, 0.15) is 5.75 Å². The van der Waals surface area contributed by atoms with E-state index in [1.54, 1.807) is 13.2 Å². The second-order valence-electron chi connectivity index (χ2n) is 5.46. The predicted octanol–water partition coefficient (Wildman–Crippen LogP) is 2.25. The predicted molar refractivity (Wildman–Crippen MR) is 78.0 cm³/mol. The van der Waals surface area contributed by atoms with Gasteiger partial charge in [0.2, 0.25) is 0 Å². The summed E-state index contributed by atoms with van der Waals surface area (Å²) in [6.45, 7) is 2.51. The van der Waals surface area contributed by atoms with Gasteiger partial charge in [0.25, 0.3) is 0 Å². The van der Waals surface area contributed by atoms with Crippen LogP contribution in [-0.2, 0) is 11.3 Å². The molecule has 1 fully saturated rings. The molecule has 5 heteroatoms. The van der Waals surface area contributed by atoms with Crippen LogP contribution >= 0.6 is 0 Å². The Morgan fingerprint density at radius 2 is 2.19 bits per heavy atom. The molecule has 112 valence electrons. The first kappa shape index (κ1) is 15.3. The Labute approximate surface area is 124 Å². The van der Waals surface area contributed by atoms with Crippen LogP contribution in [0.1, 0.15) is 30.4 Å². The second-order valence-corrected chi connectivity index (χ2v) is 5.46. The summed E-state index contributed by atoms with van der Waals surface area (Å²) in [7, 11) is 1.63. The van der Waals surface area contributed by atoms with Gasteiger partial charge in [-0.05, 0) is 50.0 Å². The summed E-state index contributed by atoms with van der Waals surface area (Å²) in [5.41, 5.74) is 1.64. The van der Waals surface area contributed by atoms with Gasteiger partial charge in [0.15, 0.2) is 0 Å². The fourth-order valence-electron chi connectivity index (χ4n) is 2.81. The lowest BCUT2D eigenvalue weighted by atomic mass is 9.93. The Bertz CT molecular complexity index is 543. The number of rotatable bonds is 5. The van der Waals surface area contributed by atoms with Crippen molar-refractivity contribution in [1.82, 2.24) is 4.90 Å². The number of hydrogen-bond acceptors (Lipinski definition) is 4. The Morgan fingerprint density at radius 1 is 1.48 bits per heavy atom. The van der Waals surface area contributed by atoms with Crippen LogP contribution in [0.2, 0.25) is 0 Å². The Kier molecular flexibility index (Phi) is 5.18. The maximum Gasteiger partial charge on any atom is 0.303 e. The van der Waals surface area contributed by atoms with Crippen LogP contribution in [0.25, 0.3) is 0 Å². The van der Waals surface area contributed by atoms with Crippen molar-refractivity contribution in [2.45, 2.75) is 25.8 Å². The molecular formula is C16H20N2O3. The highest BCUT2D eigenvalue weighted by Gasteiger charge is 2.22. The van der Waals surface area contributed by atoms with Crippen molar-refractivity contribution in [3.63, 3.8) is 0 Å². The molecule has 0 bridgehead atoms. The van der Waals surface area contributed by atoms with Gasteiger partial charge in [-0.25, -0.2) is 0 Å². The number of nitrogens with zero attached hydrogens (tertiary/aromatic N) is 2. The van der Waals surface area contributed by atoms with Crippen LogP contribution in [0.15, 0.2) is 18.2 Å². The van der Waals surface area contributed by atoms with Crippen LogP contribution in [0.3, 0.4) is 0 Å². The zero-order valence-corrected chi connectivity index (χ0v) is 12.2. The van der Waals surface area contributed by atoms with E-state index in [0.29, 0.717) is 5.56 Å². The first-order valence-electron chi connectivity index (χ1n) is 7.13. The lowest BCUT2D eigenvalue weighted by Gasteiger charge is -2.31. The van der Waals surface area contributed by atoms with Crippen molar-refractivity contribution in [2.75, 3.05) is 20.2 Å². The number of likely N-dealkylation sites (tertiary alicyclic amines) is 1. The van der Waals surface area contributed by atoms with Gasteiger partial charge in [-0.1, -0.05) is 0 Å². The minimum Gasteiger partial charge on any atom is -0.496 e. The fraction of sp³-hybridized carbons (Fsp3) is 0.500. The average molecular weight is 288 g/mol. The smallest absolute Gasteiger partial charge is 0.303 e. The molecule has 5 nitrogen and oxygen atoms in total. The van der Waals surface area contributed by atoms with E-state index >= 15 is 0 Å². The molecule has 1 saturated heterocycles. The number of ether oxygens (including phenoxy) is 1. The molecule has 0 aromatic heterocycles. The number of carboxylic acid groups (broad SMARTS) is 1. The molecule has 0 unspecified atom stereocenters. The number of nitriles is 1. The number of carboxylic acids is 1. The lowest BCUT2D eigenvalue weighted by Crippen LogP contribution is -2.34. The first-order chi connectivity index (χ1) is 10.1. The number of piperidine rings is 1. The summed E-state index contributed by atoms with van der Waals surface area (Å²) in [5, 5.41) is 17.8. The van der Waals surface area contributed by atoms with E-state index in [1.807, 2.05) is 12.1 Å². The van der Waals surface area contributed by atoms with Gasteiger partial charge in [-0.2, -0.15) is 5.26 Å². The van der Waals surface area contributed by atoms with E-state index in [0.717, 1.165) is 43.8 Å². The number of hydrogen-bond donors (Lipinski definition) is 1. The molecule has 2 rings (SSSR count). The van der Waals surface area contributed by atoms with E-state index in [4.69, 9.17) is 15.1 Å². The zero-order valence-electron chi connectivity index (χ0n) is 12.2. The van der Waals surface area contributed by atoms with Gasteiger partial charge in [0, 0.05) is 18.5 Å². The van der Waals surface area contributed by atoms with Gasteiger partial charge in [0.05, 0.1) is 18.7 Å². The standard InChI is InChI=1S/C16H20N2O3/c1-21-15-3-2-13(10-17)8-14(15)11-18-6-4-12(5-7-18)9-16(19)20/h2-3,8,12H,4-7,9,11H2,1H3,(H,19,20). The van der Waals surface area contributed by atoms with Gasteiger partial charge in [-0.3, -0.25) is 9.69 Å². The summed E-state index contributed by atoms with van der Waals surface area (Å²) in [4.78, 5) is 13.0. The van der Waals surface area contributed by atoms with Gasteiger partial charge >= 0.3 is 5.97 Å². The summed E-state index contributed by atoms with van der Waals surface area (Å²) >= 11 is 0. The van der Waals surface area contributed by atoms with Crippen molar-refractivity contribution < 1.29 is 14.6 Å². The average Bonchev–Trinajstić information content (AvgIpc) is 2.48. The molecule has 0 aliphatic carbocycles. The minimum atomic E-state index is -0.711. The Morgan fingerprint density at radius 3 is 2.76 bits per heavy atom. The Balaban J connectivity index is 1.97. The molecule has 1 aromatic rings. The quantitative estimate of drug-likeness (QED) is 0.899. The molecule has 0 atom stereocenters. The van der Waals surface area contributed by atoms with Crippen molar-refractivity contribution in [3.05, 3.63) is 29.3 Å². The van der Waals surface area contributed by atoms with Crippen LogP contribution in [0.4, 0.5) is 0 Å². The van der Waals surface area contributed by atoms with Crippen LogP contribution in [0.5, 0.6) is 5.75 Å². The molecule has 0 spiro atoms. The molecule has 21 heavy (non-hydrogen) atoms. The highest BCUT2D eigenvalue weighted by molar-refractivity contribution is 5.67. The normalized spacial score (nSPS) is 16.4. The van der Waals surface area contributed by atoms with Crippen molar-refractivity contribution in [2.24, 2.45) is 5.92 Å². The molecule has 1 aliphatic rings. The molecule has 1 heterocycles. The molecular weight excluding hydrogens is 268 g/mol. The van der Waals surface area contributed by atoms with E-state index < -0.39 is 5.97 Å². The molecule has 1 N–H and O–H groups in total. The number of methoxy groups -OCH3 is 1.